The van der Waals surface area contributed by atoms with Gasteiger partial charge in [-0.25, -0.2) is 4.99 Å². The molecule has 9 heteroatoms. The van der Waals surface area contributed by atoms with E-state index in [9.17, 15) is 9.59 Å². The zero-order valence-corrected chi connectivity index (χ0v) is 20.7. The maximum absolute atomic E-state index is 12.6. The molecule has 3 rings (SSSR count). The van der Waals surface area contributed by atoms with E-state index in [0.29, 0.717) is 12.4 Å². The maximum Gasteiger partial charge on any atom is 0.244 e. The van der Waals surface area contributed by atoms with Gasteiger partial charge in [0.2, 0.25) is 11.8 Å². The zero-order chi connectivity index (χ0) is 21.2. The Balaban J connectivity index is 0.00000341. The topological polar surface area (TPSA) is 80.3 Å². The van der Waals surface area contributed by atoms with Crippen LogP contribution in [0.15, 0.2) is 35.3 Å². The van der Waals surface area contributed by atoms with E-state index in [1.807, 2.05) is 34.9 Å². The van der Waals surface area contributed by atoms with E-state index in [2.05, 4.69) is 32.7 Å². The van der Waals surface area contributed by atoms with Crippen LogP contribution in [0.1, 0.15) is 26.2 Å². The molecule has 2 saturated heterocycles. The van der Waals surface area contributed by atoms with Crippen molar-refractivity contribution in [3.8, 4) is 0 Å². The number of carbonyl (C=O) groups is 2. The average molecular weight is 542 g/mol. The monoisotopic (exact) mass is 542 g/mol. The Labute approximate surface area is 202 Å². The second kappa shape index (κ2) is 13.4. The predicted octanol–water partition coefficient (Wildman–Crippen LogP) is 1.52. The summed E-state index contributed by atoms with van der Waals surface area (Å²) in [6.45, 7) is 8.37. The fourth-order valence-corrected chi connectivity index (χ4v) is 3.86. The first-order valence-corrected chi connectivity index (χ1v) is 11.0. The molecule has 2 N–H and O–H groups in total. The molecular weight excluding hydrogens is 507 g/mol. The summed E-state index contributed by atoms with van der Waals surface area (Å²) in [4.78, 5) is 34.8. The summed E-state index contributed by atoms with van der Waals surface area (Å²) in [5.74, 6) is 0.970. The van der Waals surface area contributed by atoms with E-state index in [4.69, 9.17) is 0 Å². The van der Waals surface area contributed by atoms with E-state index >= 15 is 0 Å². The number of aliphatic imine (C=N–C) groups is 1. The zero-order valence-electron chi connectivity index (χ0n) is 18.4. The fraction of sp³-hybridized carbons (Fsp3) is 0.591. The number of hydrogen-bond donors (Lipinski definition) is 2. The van der Waals surface area contributed by atoms with E-state index < -0.39 is 0 Å². The van der Waals surface area contributed by atoms with E-state index in [-0.39, 0.29) is 42.3 Å². The summed E-state index contributed by atoms with van der Waals surface area (Å²) in [7, 11) is 0. The Morgan fingerprint density at radius 1 is 1.06 bits per heavy atom. The van der Waals surface area contributed by atoms with Crippen molar-refractivity contribution in [1.82, 2.24) is 20.4 Å². The smallest absolute Gasteiger partial charge is 0.244 e. The van der Waals surface area contributed by atoms with Gasteiger partial charge in [0.1, 0.15) is 6.54 Å². The van der Waals surface area contributed by atoms with Crippen molar-refractivity contribution in [2.75, 3.05) is 63.8 Å². The van der Waals surface area contributed by atoms with Crippen LogP contribution in [0, 0.1) is 0 Å². The first-order chi connectivity index (χ1) is 14.7. The molecule has 0 radical (unpaired) electrons. The summed E-state index contributed by atoms with van der Waals surface area (Å²) in [5, 5.41) is 6.45. The van der Waals surface area contributed by atoms with Crippen LogP contribution in [0.25, 0.3) is 0 Å². The predicted molar refractivity (Wildman–Crippen MR) is 135 cm³/mol. The van der Waals surface area contributed by atoms with Crippen LogP contribution < -0.4 is 15.5 Å². The van der Waals surface area contributed by atoms with Gasteiger partial charge in [-0.3, -0.25) is 9.59 Å². The number of amides is 2. The van der Waals surface area contributed by atoms with E-state index in [1.165, 1.54) is 5.69 Å². The maximum atomic E-state index is 12.6. The Bertz CT molecular complexity index is 722. The molecule has 0 saturated carbocycles. The highest BCUT2D eigenvalue weighted by Crippen LogP contribution is 2.15. The number of carbonyl (C=O) groups excluding carboxylic acids is 2. The second-order valence-corrected chi connectivity index (χ2v) is 7.66. The molecule has 1 aromatic carbocycles. The largest absolute Gasteiger partial charge is 0.368 e. The number of para-hydroxylation sites is 1. The molecule has 0 atom stereocenters. The first kappa shape index (κ1) is 25.2. The molecule has 2 aliphatic rings. The van der Waals surface area contributed by atoms with Crippen LogP contribution in [0.4, 0.5) is 5.69 Å². The molecular formula is C22H35IN6O2. The highest BCUT2D eigenvalue weighted by Gasteiger charge is 2.21. The number of piperazine rings is 1. The fourth-order valence-electron chi connectivity index (χ4n) is 3.86. The number of benzene rings is 1. The number of halogens is 1. The van der Waals surface area contributed by atoms with Gasteiger partial charge in [-0.05, 0) is 31.9 Å². The first-order valence-electron chi connectivity index (χ1n) is 11.0. The van der Waals surface area contributed by atoms with Gasteiger partial charge in [-0.2, -0.15) is 0 Å². The summed E-state index contributed by atoms with van der Waals surface area (Å²) in [6, 6.07) is 10.3. The normalized spacial score (nSPS) is 16.9. The van der Waals surface area contributed by atoms with Gasteiger partial charge in [0.15, 0.2) is 5.96 Å². The van der Waals surface area contributed by atoms with E-state index in [1.54, 1.807) is 0 Å². The van der Waals surface area contributed by atoms with Crippen LogP contribution in [0.3, 0.4) is 0 Å². The molecule has 2 aliphatic heterocycles. The lowest BCUT2D eigenvalue weighted by atomic mass is 10.2. The minimum Gasteiger partial charge on any atom is -0.368 e. The molecule has 0 aliphatic carbocycles. The number of hydrogen-bond acceptors (Lipinski definition) is 4. The molecule has 2 amide bonds. The SMILES string of the molecule is CCNC(=NCC(=O)N1CCN(c2ccccc2)CC1)NCCCN1CCCC1=O.I. The lowest BCUT2D eigenvalue weighted by Crippen LogP contribution is -2.49. The number of anilines is 1. The summed E-state index contributed by atoms with van der Waals surface area (Å²) < 4.78 is 0. The van der Waals surface area contributed by atoms with Crippen LogP contribution in [0.2, 0.25) is 0 Å². The molecule has 172 valence electrons. The Morgan fingerprint density at radius 3 is 2.45 bits per heavy atom. The van der Waals surface area contributed by atoms with Gasteiger partial charge in [-0.1, -0.05) is 18.2 Å². The van der Waals surface area contributed by atoms with Crippen molar-refractivity contribution >= 4 is 47.4 Å². The third-order valence-corrected chi connectivity index (χ3v) is 5.54. The molecule has 0 bridgehead atoms. The van der Waals surface area contributed by atoms with Crippen LogP contribution in [0.5, 0.6) is 0 Å². The van der Waals surface area contributed by atoms with Gasteiger partial charge < -0.3 is 25.3 Å². The molecule has 31 heavy (non-hydrogen) atoms. The highest BCUT2D eigenvalue weighted by molar-refractivity contribution is 14.0. The molecule has 0 unspecified atom stereocenters. The van der Waals surface area contributed by atoms with Crippen molar-refractivity contribution in [1.29, 1.82) is 0 Å². The summed E-state index contributed by atoms with van der Waals surface area (Å²) in [6.07, 6.45) is 2.52. The third-order valence-electron chi connectivity index (χ3n) is 5.54. The number of nitrogens with zero attached hydrogens (tertiary/aromatic N) is 4. The Morgan fingerprint density at radius 2 is 1.81 bits per heavy atom. The molecule has 0 aromatic heterocycles. The van der Waals surface area contributed by atoms with Crippen molar-refractivity contribution in [3.05, 3.63) is 30.3 Å². The van der Waals surface area contributed by atoms with Crippen LogP contribution in [-0.4, -0.2) is 86.5 Å². The number of guanidine groups is 1. The minimum absolute atomic E-state index is 0. The van der Waals surface area contributed by atoms with Gasteiger partial charge in [0, 0.05) is 64.5 Å². The van der Waals surface area contributed by atoms with Crippen LogP contribution >= 0.6 is 24.0 Å². The number of likely N-dealkylation sites (tertiary alicyclic amines) is 1. The molecule has 1 aromatic rings. The molecule has 2 heterocycles. The molecule has 0 spiro atoms. The van der Waals surface area contributed by atoms with Crippen molar-refractivity contribution in [2.45, 2.75) is 26.2 Å². The number of rotatable bonds is 8. The van der Waals surface area contributed by atoms with Gasteiger partial charge >= 0.3 is 0 Å². The Hall–Kier alpha value is -2.04. The highest BCUT2D eigenvalue weighted by atomic mass is 127. The second-order valence-electron chi connectivity index (χ2n) is 7.66. The van der Waals surface area contributed by atoms with Crippen molar-refractivity contribution < 1.29 is 9.59 Å². The Kier molecular flexibility index (Phi) is 10.9. The van der Waals surface area contributed by atoms with Gasteiger partial charge in [-0.15, -0.1) is 24.0 Å². The quantitative estimate of drug-likeness (QED) is 0.226. The van der Waals surface area contributed by atoms with Crippen LogP contribution in [-0.2, 0) is 9.59 Å². The van der Waals surface area contributed by atoms with Crippen molar-refractivity contribution in [3.63, 3.8) is 0 Å². The third kappa shape index (κ3) is 7.86. The molecule has 2 fully saturated rings. The number of nitrogens with one attached hydrogen (secondary N) is 2. The molecule has 8 nitrogen and oxygen atoms in total. The van der Waals surface area contributed by atoms with Gasteiger partial charge in [0.05, 0.1) is 0 Å². The summed E-state index contributed by atoms with van der Waals surface area (Å²) >= 11 is 0. The minimum atomic E-state index is 0. The summed E-state index contributed by atoms with van der Waals surface area (Å²) in [5.41, 5.74) is 1.21. The lowest BCUT2D eigenvalue weighted by molar-refractivity contribution is -0.130. The average Bonchev–Trinajstić information content (AvgIpc) is 3.20. The van der Waals surface area contributed by atoms with Gasteiger partial charge in [0.25, 0.3) is 0 Å². The lowest BCUT2D eigenvalue weighted by Gasteiger charge is -2.36. The van der Waals surface area contributed by atoms with E-state index in [0.717, 1.165) is 65.2 Å². The van der Waals surface area contributed by atoms with Crippen molar-refractivity contribution in [2.24, 2.45) is 4.99 Å². The standard InChI is InChI=1S/C22H34N6O2.HI/c1-2-23-22(24-11-7-13-27-12-6-10-20(27)29)25-18-21(30)28-16-14-26(15-17-28)19-8-4-3-5-9-19;/h3-5,8-9H,2,6-7,10-18H2,1H3,(H2,23,24,25);1H.